The molecule has 27 heavy (non-hydrogen) atoms. The van der Waals surface area contributed by atoms with Gasteiger partial charge in [-0.3, -0.25) is 9.78 Å². The maximum Gasteiger partial charge on any atom is 0.227 e. The molecule has 1 atom stereocenters. The van der Waals surface area contributed by atoms with Crippen LogP contribution >= 0.6 is 24.0 Å². The molecule has 4 rings (SSSR count). The van der Waals surface area contributed by atoms with Crippen molar-refractivity contribution in [1.82, 2.24) is 15.2 Å². The van der Waals surface area contributed by atoms with Crippen LogP contribution in [0.1, 0.15) is 17.2 Å². The normalized spacial score (nSPS) is 18.6. The van der Waals surface area contributed by atoms with Gasteiger partial charge in [0.1, 0.15) is 13.2 Å². The fraction of sp³-hybridized carbons (Fsp3) is 0.368. The number of hydrogen-bond donors (Lipinski definition) is 1. The molecule has 144 valence electrons. The highest BCUT2D eigenvalue weighted by molar-refractivity contribution is 6.32. The number of ether oxygens (including phenoxy) is 2. The molecule has 0 aliphatic carbocycles. The van der Waals surface area contributed by atoms with Crippen molar-refractivity contribution in [3.63, 3.8) is 0 Å². The number of carbonyl (C=O) groups excluding carboxylic acids is 1. The maximum atomic E-state index is 13.0. The van der Waals surface area contributed by atoms with E-state index in [-0.39, 0.29) is 30.8 Å². The molecule has 0 spiro atoms. The average molecular weight is 410 g/mol. The second-order valence-corrected chi connectivity index (χ2v) is 6.78. The van der Waals surface area contributed by atoms with E-state index in [2.05, 4.69) is 10.3 Å². The highest BCUT2D eigenvalue weighted by Crippen LogP contribution is 2.38. The van der Waals surface area contributed by atoms with Gasteiger partial charge in [0.25, 0.3) is 0 Å². The molecular formula is C19H21Cl2N3O3. The standard InChI is InChI=1S/C19H20ClN3O3.ClH/c20-15-8-13(9-17-19(15)26-7-6-25-17)10-18(24)23-5-4-22-12-16(23)14-2-1-3-21-11-14;/h1-3,8-9,11,16,22H,4-7,10,12H2;1H. The van der Waals surface area contributed by atoms with E-state index in [0.29, 0.717) is 36.3 Å². The molecule has 3 heterocycles. The first kappa shape index (κ1) is 19.7. The van der Waals surface area contributed by atoms with E-state index in [1.54, 1.807) is 12.3 Å². The monoisotopic (exact) mass is 409 g/mol. The lowest BCUT2D eigenvalue weighted by molar-refractivity contribution is -0.133. The zero-order valence-electron chi connectivity index (χ0n) is 14.7. The lowest BCUT2D eigenvalue weighted by atomic mass is 10.0. The molecule has 1 aromatic carbocycles. The number of pyridine rings is 1. The van der Waals surface area contributed by atoms with Crippen LogP contribution in [0, 0.1) is 0 Å². The van der Waals surface area contributed by atoms with Gasteiger partial charge in [0.15, 0.2) is 11.5 Å². The summed E-state index contributed by atoms with van der Waals surface area (Å²) in [4.78, 5) is 19.1. The lowest BCUT2D eigenvalue weighted by Crippen LogP contribution is -2.49. The molecule has 1 amide bonds. The maximum absolute atomic E-state index is 13.0. The minimum atomic E-state index is -0.0161. The molecule has 1 aromatic heterocycles. The largest absolute Gasteiger partial charge is 0.486 e. The smallest absolute Gasteiger partial charge is 0.227 e. The second-order valence-electron chi connectivity index (χ2n) is 6.37. The Labute approximate surface area is 169 Å². The molecular weight excluding hydrogens is 389 g/mol. The number of piperazine rings is 1. The van der Waals surface area contributed by atoms with Crippen molar-refractivity contribution in [3.05, 3.63) is 52.8 Å². The zero-order chi connectivity index (χ0) is 17.9. The van der Waals surface area contributed by atoms with Crippen LogP contribution in [-0.2, 0) is 11.2 Å². The van der Waals surface area contributed by atoms with Crippen LogP contribution in [0.4, 0.5) is 0 Å². The Morgan fingerprint density at radius 2 is 2.19 bits per heavy atom. The minimum Gasteiger partial charge on any atom is -0.486 e. The predicted octanol–water partition coefficient (Wildman–Crippen LogP) is 2.64. The molecule has 0 bridgehead atoms. The van der Waals surface area contributed by atoms with Gasteiger partial charge in [-0.2, -0.15) is 0 Å². The van der Waals surface area contributed by atoms with E-state index in [9.17, 15) is 4.79 Å². The van der Waals surface area contributed by atoms with Gasteiger partial charge >= 0.3 is 0 Å². The van der Waals surface area contributed by atoms with Gasteiger partial charge in [-0.1, -0.05) is 17.7 Å². The molecule has 1 fully saturated rings. The third-order valence-electron chi connectivity index (χ3n) is 4.64. The van der Waals surface area contributed by atoms with E-state index in [0.717, 1.165) is 24.2 Å². The van der Waals surface area contributed by atoms with Crippen molar-refractivity contribution in [2.45, 2.75) is 12.5 Å². The zero-order valence-corrected chi connectivity index (χ0v) is 16.3. The molecule has 2 aliphatic heterocycles. The number of nitrogens with one attached hydrogen (secondary N) is 1. The van der Waals surface area contributed by atoms with E-state index >= 15 is 0 Å². The fourth-order valence-electron chi connectivity index (χ4n) is 3.42. The summed E-state index contributed by atoms with van der Waals surface area (Å²) < 4.78 is 11.1. The van der Waals surface area contributed by atoms with Crippen molar-refractivity contribution in [2.75, 3.05) is 32.8 Å². The Bertz CT molecular complexity index is 804. The highest BCUT2D eigenvalue weighted by atomic mass is 35.5. The van der Waals surface area contributed by atoms with E-state index in [1.165, 1.54) is 0 Å². The van der Waals surface area contributed by atoms with Gasteiger partial charge < -0.3 is 19.7 Å². The van der Waals surface area contributed by atoms with Crippen molar-refractivity contribution < 1.29 is 14.3 Å². The van der Waals surface area contributed by atoms with E-state index in [1.807, 2.05) is 29.3 Å². The number of rotatable bonds is 3. The molecule has 1 saturated heterocycles. The molecule has 2 aromatic rings. The van der Waals surface area contributed by atoms with Gasteiger partial charge in [0.05, 0.1) is 17.5 Å². The Kier molecular flexibility index (Phi) is 6.42. The fourth-order valence-corrected chi connectivity index (χ4v) is 3.70. The van der Waals surface area contributed by atoms with E-state index in [4.69, 9.17) is 21.1 Å². The quantitative estimate of drug-likeness (QED) is 0.843. The number of amides is 1. The van der Waals surface area contributed by atoms with Crippen molar-refractivity contribution in [1.29, 1.82) is 0 Å². The molecule has 1 unspecified atom stereocenters. The number of nitrogens with zero attached hydrogens (tertiary/aromatic N) is 2. The van der Waals surface area contributed by atoms with Gasteiger partial charge in [-0.25, -0.2) is 0 Å². The Morgan fingerprint density at radius 3 is 3.00 bits per heavy atom. The SMILES string of the molecule is Cl.O=C(Cc1cc(Cl)c2c(c1)OCCO2)N1CCNCC1c1cccnc1. The predicted molar refractivity (Wildman–Crippen MR) is 105 cm³/mol. The summed E-state index contributed by atoms with van der Waals surface area (Å²) in [5.74, 6) is 1.23. The van der Waals surface area contributed by atoms with Gasteiger partial charge in [0.2, 0.25) is 5.91 Å². The number of aromatic nitrogens is 1. The number of carbonyl (C=O) groups is 1. The number of halogens is 2. The lowest BCUT2D eigenvalue weighted by Gasteiger charge is -2.36. The first-order valence-corrected chi connectivity index (χ1v) is 9.08. The molecule has 1 N–H and O–H groups in total. The topological polar surface area (TPSA) is 63.7 Å². The molecule has 2 aliphatic rings. The van der Waals surface area contributed by atoms with Crippen LogP contribution in [-0.4, -0.2) is 48.6 Å². The summed E-state index contributed by atoms with van der Waals surface area (Å²) >= 11 is 6.29. The number of fused-ring (bicyclic) bond motifs is 1. The van der Waals surface area contributed by atoms with Crippen LogP contribution in [0.2, 0.25) is 5.02 Å². The summed E-state index contributed by atoms with van der Waals surface area (Å²) in [7, 11) is 0. The molecule has 6 nitrogen and oxygen atoms in total. The number of benzene rings is 1. The summed E-state index contributed by atoms with van der Waals surface area (Å²) in [6, 6.07) is 7.52. The van der Waals surface area contributed by atoms with Crippen LogP contribution in [0.3, 0.4) is 0 Å². The van der Waals surface area contributed by atoms with Crippen LogP contribution in [0.15, 0.2) is 36.7 Å². The number of hydrogen-bond acceptors (Lipinski definition) is 5. The highest BCUT2D eigenvalue weighted by Gasteiger charge is 2.28. The first-order chi connectivity index (χ1) is 12.7. The summed E-state index contributed by atoms with van der Waals surface area (Å²) in [6.45, 7) is 3.14. The summed E-state index contributed by atoms with van der Waals surface area (Å²) in [5.41, 5.74) is 1.86. The summed E-state index contributed by atoms with van der Waals surface area (Å²) in [5, 5.41) is 3.83. The van der Waals surface area contributed by atoms with Gasteiger partial charge in [-0.15, -0.1) is 12.4 Å². The van der Waals surface area contributed by atoms with E-state index < -0.39 is 0 Å². The van der Waals surface area contributed by atoms with Crippen molar-refractivity contribution >= 4 is 29.9 Å². The van der Waals surface area contributed by atoms with Gasteiger partial charge in [0, 0.05) is 32.0 Å². The third-order valence-corrected chi connectivity index (χ3v) is 4.93. The van der Waals surface area contributed by atoms with Crippen molar-refractivity contribution in [2.24, 2.45) is 0 Å². The molecule has 0 saturated carbocycles. The Balaban J connectivity index is 0.00000210. The van der Waals surface area contributed by atoms with Crippen LogP contribution in [0.25, 0.3) is 0 Å². The average Bonchev–Trinajstić information content (AvgIpc) is 2.69. The second kappa shape index (κ2) is 8.78. The van der Waals surface area contributed by atoms with Crippen LogP contribution in [0.5, 0.6) is 11.5 Å². The van der Waals surface area contributed by atoms with Crippen LogP contribution < -0.4 is 14.8 Å². The first-order valence-electron chi connectivity index (χ1n) is 8.70. The molecule has 0 radical (unpaired) electrons. The third kappa shape index (κ3) is 4.29. The minimum absolute atomic E-state index is 0. The Morgan fingerprint density at radius 1 is 1.33 bits per heavy atom. The molecule has 8 heteroatoms. The summed E-state index contributed by atoms with van der Waals surface area (Å²) in [6.07, 6.45) is 3.83. The Hall–Kier alpha value is -2.02. The van der Waals surface area contributed by atoms with Gasteiger partial charge in [-0.05, 0) is 29.3 Å². The van der Waals surface area contributed by atoms with Crippen molar-refractivity contribution in [3.8, 4) is 11.5 Å².